The largest absolute Gasteiger partial charge is 0.351 e. The van der Waals surface area contributed by atoms with Crippen molar-refractivity contribution in [3.63, 3.8) is 0 Å². The highest BCUT2D eigenvalue weighted by molar-refractivity contribution is 7.08. The van der Waals surface area contributed by atoms with Crippen LogP contribution in [0, 0.1) is 5.82 Å². The number of thiophene rings is 1. The molecule has 0 saturated carbocycles. The van der Waals surface area contributed by atoms with E-state index in [1.807, 2.05) is 0 Å². The smallest absolute Gasteiger partial charge is 0.252 e. The second-order valence-corrected chi connectivity index (χ2v) is 5.38. The maximum Gasteiger partial charge on any atom is 0.252 e. The number of hydrogen-bond acceptors (Lipinski definition) is 3. The molecule has 0 fully saturated rings. The molecule has 2 N–H and O–H groups in total. The number of nitrogens with one attached hydrogen (secondary N) is 2. The van der Waals surface area contributed by atoms with Gasteiger partial charge in [0, 0.05) is 29.6 Å². The fraction of sp³-hybridized carbons (Fsp3) is 0.143. The SMILES string of the molecule is O=C(CCNC(=O)c1ccsc1)Nc1ccc(F)c(Cl)c1. The van der Waals surface area contributed by atoms with Gasteiger partial charge < -0.3 is 10.6 Å². The zero-order valence-electron chi connectivity index (χ0n) is 10.9. The Morgan fingerprint density at radius 1 is 1.29 bits per heavy atom. The third-order valence-corrected chi connectivity index (χ3v) is 3.60. The Hall–Kier alpha value is -1.92. The number of halogens is 2. The highest BCUT2D eigenvalue weighted by Crippen LogP contribution is 2.19. The Balaban J connectivity index is 1.77. The topological polar surface area (TPSA) is 58.2 Å². The van der Waals surface area contributed by atoms with Crippen molar-refractivity contribution < 1.29 is 14.0 Å². The zero-order chi connectivity index (χ0) is 15.2. The lowest BCUT2D eigenvalue weighted by molar-refractivity contribution is -0.116. The average Bonchev–Trinajstić information content (AvgIpc) is 2.97. The number of rotatable bonds is 5. The van der Waals surface area contributed by atoms with Crippen LogP contribution >= 0.6 is 22.9 Å². The quantitative estimate of drug-likeness (QED) is 0.885. The van der Waals surface area contributed by atoms with Crippen molar-refractivity contribution in [2.24, 2.45) is 0 Å². The van der Waals surface area contributed by atoms with Gasteiger partial charge in [0.25, 0.3) is 5.91 Å². The van der Waals surface area contributed by atoms with Crippen LogP contribution in [0.25, 0.3) is 0 Å². The minimum atomic E-state index is -0.544. The van der Waals surface area contributed by atoms with Crippen molar-refractivity contribution in [2.75, 3.05) is 11.9 Å². The van der Waals surface area contributed by atoms with Gasteiger partial charge in [-0.15, -0.1) is 0 Å². The molecule has 1 heterocycles. The first-order chi connectivity index (χ1) is 10.1. The Kier molecular flexibility index (Phi) is 5.30. The average molecular weight is 327 g/mol. The van der Waals surface area contributed by atoms with Crippen LogP contribution in [0.15, 0.2) is 35.0 Å². The van der Waals surface area contributed by atoms with Crippen LogP contribution in [-0.2, 0) is 4.79 Å². The highest BCUT2D eigenvalue weighted by atomic mass is 35.5. The molecule has 1 aromatic carbocycles. The maximum absolute atomic E-state index is 13.0. The minimum Gasteiger partial charge on any atom is -0.351 e. The Morgan fingerprint density at radius 2 is 2.10 bits per heavy atom. The van der Waals surface area contributed by atoms with Gasteiger partial charge in [-0.25, -0.2) is 4.39 Å². The molecule has 4 nitrogen and oxygen atoms in total. The van der Waals surface area contributed by atoms with Crippen LogP contribution in [0.2, 0.25) is 5.02 Å². The number of hydrogen-bond donors (Lipinski definition) is 2. The summed E-state index contributed by atoms with van der Waals surface area (Å²) in [6.45, 7) is 0.218. The van der Waals surface area contributed by atoms with Gasteiger partial charge in [0.2, 0.25) is 5.91 Å². The first-order valence-electron chi connectivity index (χ1n) is 6.11. The summed E-state index contributed by atoms with van der Waals surface area (Å²) in [5, 5.41) is 8.70. The van der Waals surface area contributed by atoms with Gasteiger partial charge in [0.1, 0.15) is 5.82 Å². The van der Waals surface area contributed by atoms with Crippen LogP contribution < -0.4 is 10.6 Å². The van der Waals surface area contributed by atoms with E-state index < -0.39 is 5.82 Å². The summed E-state index contributed by atoms with van der Waals surface area (Å²) in [5.41, 5.74) is 0.987. The molecule has 21 heavy (non-hydrogen) atoms. The molecule has 0 aliphatic rings. The van der Waals surface area contributed by atoms with Crippen LogP contribution in [0.3, 0.4) is 0 Å². The summed E-state index contributed by atoms with van der Waals surface area (Å²) in [4.78, 5) is 23.3. The van der Waals surface area contributed by atoms with Crippen LogP contribution in [-0.4, -0.2) is 18.4 Å². The van der Waals surface area contributed by atoms with Crippen molar-refractivity contribution in [2.45, 2.75) is 6.42 Å². The molecular formula is C14H12ClFN2O2S. The van der Waals surface area contributed by atoms with E-state index in [4.69, 9.17) is 11.6 Å². The van der Waals surface area contributed by atoms with Crippen molar-refractivity contribution in [1.29, 1.82) is 0 Å². The summed E-state index contributed by atoms with van der Waals surface area (Å²) in [6, 6.07) is 5.64. The lowest BCUT2D eigenvalue weighted by Gasteiger charge is -2.07. The van der Waals surface area contributed by atoms with E-state index in [1.54, 1.807) is 16.8 Å². The van der Waals surface area contributed by atoms with Gasteiger partial charge in [0.05, 0.1) is 5.02 Å². The molecule has 0 aliphatic carbocycles. The van der Waals surface area contributed by atoms with Gasteiger partial charge in [-0.2, -0.15) is 11.3 Å². The van der Waals surface area contributed by atoms with Crippen LogP contribution in [0.5, 0.6) is 0 Å². The number of amides is 2. The van der Waals surface area contributed by atoms with Gasteiger partial charge in [0.15, 0.2) is 0 Å². The molecule has 0 atom stereocenters. The van der Waals surface area contributed by atoms with Gasteiger partial charge in [-0.1, -0.05) is 11.6 Å². The molecule has 1 aromatic heterocycles. The number of benzene rings is 1. The van der Waals surface area contributed by atoms with E-state index in [-0.39, 0.29) is 29.8 Å². The molecular weight excluding hydrogens is 315 g/mol. The van der Waals surface area contributed by atoms with Crippen molar-refractivity contribution in [1.82, 2.24) is 5.32 Å². The summed E-state index contributed by atoms with van der Waals surface area (Å²) in [7, 11) is 0. The lowest BCUT2D eigenvalue weighted by Crippen LogP contribution is -2.27. The minimum absolute atomic E-state index is 0.0569. The summed E-state index contributed by atoms with van der Waals surface area (Å²) in [5.74, 6) is -1.05. The molecule has 0 bridgehead atoms. The van der Waals surface area contributed by atoms with E-state index in [0.717, 1.165) is 0 Å². The number of anilines is 1. The molecule has 2 aromatic rings. The second kappa shape index (κ2) is 7.19. The molecule has 0 spiro atoms. The third kappa shape index (κ3) is 4.54. The molecule has 2 amide bonds. The fourth-order valence-corrected chi connectivity index (χ4v) is 2.40. The van der Waals surface area contributed by atoms with Crippen molar-refractivity contribution in [3.05, 3.63) is 51.4 Å². The summed E-state index contributed by atoms with van der Waals surface area (Å²) in [6.07, 6.45) is 0.116. The Labute approximate surface area is 129 Å². The van der Waals surface area contributed by atoms with E-state index >= 15 is 0 Å². The maximum atomic E-state index is 13.0. The summed E-state index contributed by atoms with van der Waals surface area (Å²) >= 11 is 7.05. The number of carbonyl (C=O) groups is 2. The van der Waals surface area contributed by atoms with E-state index in [9.17, 15) is 14.0 Å². The Morgan fingerprint density at radius 3 is 2.76 bits per heavy atom. The molecule has 0 radical (unpaired) electrons. The second-order valence-electron chi connectivity index (χ2n) is 4.19. The molecule has 0 saturated heterocycles. The molecule has 0 aliphatic heterocycles. The van der Waals surface area contributed by atoms with Crippen molar-refractivity contribution >= 4 is 40.4 Å². The van der Waals surface area contributed by atoms with E-state index in [2.05, 4.69) is 10.6 Å². The normalized spacial score (nSPS) is 10.2. The fourth-order valence-electron chi connectivity index (χ4n) is 1.58. The van der Waals surface area contributed by atoms with Crippen LogP contribution in [0.4, 0.5) is 10.1 Å². The first kappa shape index (κ1) is 15.5. The van der Waals surface area contributed by atoms with Gasteiger partial charge in [-0.05, 0) is 29.6 Å². The summed E-state index contributed by atoms with van der Waals surface area (Å²) < 4.78 is 13.0. The highest BCUT2D eigenvalue weighted by Gasteiger charge is 2.08. The van der Waals surface area contributed by atoms with Crippen LogP contribution in [0.1, 0.15) is 16.8 Å². The first-order valence-corrected chi connectivity index (χ1v) is 7.43. The standard InChI is InChI=1S/C14H12ClFN2O2S/c15-11-7-10(1-2-12(11)16)18-13(19)3-5-17-14(20)9-4-6-21-8-9/h1-2,4,6-8H,3,5H2,(H,17,20)(H,18,19). The zero-order valence-corrected chi connectivity index (χ0v) is 12.4. The molecule has 110 valence electrons. The van der Waals surface area contributed by atoms with E-state index in [1.165, 1.54) is 29.5 Å². The van der Waals surface area contributed by atoms with E-state index in [0.29, 0.717) is 11.3 Å². The van der Waals surface area contributed by atoms with Gasteiger partial charge >= 0.3 is 0 Å². The predicted octanol–water partition coefficient (Wildman–Crippen LogP) is 3.30. The monoisotopic (exact) mass is 326 g/mol. The van der Waals surface area contributed by atoms with Crippen molar-refractivity contribution in [3.8, 4) is 0 Å². The molecule has 2 rings (SSSR count). The third-order valence-electron chi connectivity index (χ3n) is 2.62. The Bertz CT molecular complexity index is 646. The van der Waals surface area contributed by atoms with Gasteiger partial charge in [-0.3, -0.25) is 9.59 Å². The number of carbonyl (C=O) groups excluding carboxylic acids is 2. The molecule has 7 heteroatoms. The lowest BCUT2D eigenvalue weighted by atomic mass is 10.3. The predicted molar refractivity (Wildman–Crippen MR) is 81.3 cm³/mol. The molecule has 0 unspecified atom stereocenters.